The molecule has 1 aromatic rings. The van der Waals surface area contributed by atoms with Gasteiger partial charge in [-0.05, 0) is 18.1 Å². The van der Waals surface area contributed by atoms with Crippen LogP contribution in [0.5, 0.6) is 0 Å². The molecule has 3 N–H and O–H groups in total. The number of nitrogens with one attached hydrogen (secondary N) is 2. The molecular weight excluding hydrogens is 273 g/mol. The topological polar surface area (TPSA) is 61.4 Å². The average Bonchev–Trinajstić information content (AvgIpc) is 2.36. The van der Waals surface area contributed by atoms with E-state index in [1.54, 1.807) is 13.0 Å². The third kappa shape index (κ3) is 5.48. The number of alkyl halides is 3. The molecule has 0 aromatic heterocycles. The van der Waals surface area contributed by atoms with Crippen molar-refractivity contribution >= 4 is 11.7 Å². The molecule has 0 aliphatic rings. The number of carbonyl (C=O) groups excluding carboxylic acids is 1. The number of aliphatic hydroxyl groups excluding tert-OH is 1. The number of carbonyl (C=O) groups is 1. The predicted molar refractivity (Wildman–Crippen MR) is 69.5 cm³/mol. The maximum Gasteiger partial charge on any atom is 0.393 e. The molecule has 2 amide bonds. The third-order valence-corrected chi connectivity index (χ3v) is 2.70. The molecule has 0 fully saturated rings. The molecule has 0 saturated heterocycles. The van der Waals surface area contributed by atoms with Crippen LogP contribution >= 0.6 is 0 Å². The number of amides is 2. The number of para-hydroxylation sites is 1. The lowest BCUT2D eigenvalue weighted by molar-refractivity contribution is -0.127. The minimum Gasteiger partial charge on any atom is -0.394 e. The van der Waals surface area contributed by atoms with Crippen molar-refractivity contribution in [3.8, 4) is 0 Å². The van der Waals surface area contributed by atoms with Gasteiger partial charge in [0.05, 0.1) is 19.1 Å². The SMILES string of the molecule is CCC(CO)NC(=O)Nc1ccccc1CC(F)(F)F. The highest BCUT2D eigenvalue weighted by Crippen LogP contribution is 2.25. The summed E-state index contributed by atoms with van der Waals surface area (Å²) in [6.45, 7) is 1.55. The van der Waals surface area contributed by atoms with Crippen LogP contribution in [0.15, 0.2) is 24.3 Å². The number of anilines is 1. The quantitative estimate of drug-likeness (QED) is 0.780. The highest BCUT2D eigenvalue weighted by molar-refractivity contribution is 5.90. The number of benzene rings is 1. The summed E-state index contributed by atoms with van der Waals surface area (Å²) in [7, 11) is 0. The van der Waals surface area contributed by atoms with Crippen LogP contribution < -0.4 is 10.6 Å². The molecule has 1 rings (SSSR count). The van der Waals surface area contributed by atoms with E-state index in [0.717, 1.165) is 0 Å². The molecule has 4 nitrogen and oxygen atoms in total. The molecule has 20 heavy (non-hydrogen) atoms. The Morgan fingerprint density at radius 3 is 2.55 bits per heavy atom. The summed E-state index contributed by atoms with van der Waals surface area (Å²) in [5, 5.41) is 13.8. The summed E-state index contributed by atoms with van der Waals surface area (Å²) in [5.41, 5.74) is 0.0994. The van der Waals surface area contributed by atoms with Gasteiger partial charge < -0.3 is 15.7 Å². The van der Waals surface area contributed by atoms with Crippen LogP contribution in [0.4, 0.5) is 23.7 Å². The van der Waals surface area contributed by atoms with Crippen molar-refractivity contribution in [2.24, 2.45) is 0 Å². The maximum absolute atomic E-state index is 12.4. The van der Waals surface area contributed by atoms with Crippen molar-refractivity contribution in [2.75, 3.05) is 11.9 Å². The predicted octanol–water partition coefficient (Wildman–Crippen LogP) is 2.68. The lowest BCUT2D eigenvalue weighted by Crippen LogP contribution is -2.39. The first-order valence-corrected chi connectivity index (χ1v) is 6.18. The van der Waals surface area contributed by atoms with Crippen molar-refractivity contribution in [2.45, 2.75) is 32.0 Å². The van der Waals surface area contributed by atoms with E-state index in [-0.39, 0.29) is 17.9 Å². The Hall–Kier alpha value is -1.76. The molecule has 0 heterocycles. The molecule has 1 unspecified atom stereocenters. The van der Waals surface area contributed by atoms with Crippen LogP contribution in [0.25, 0.3) is 0 Å². The summed E-state index contributed by atoms with van der Waals surface area (Å²) >= 11 is 0. The fraction of sp³-hybridized carbons (Fsp3) is 0.462. The molecule has 0 spiro atoms. The number of aliphatic hydroxyl groups is 1. The van der Waals surface area contributed by atoms with Crippen molar-refractivity contribution < 1.29 is 23.1 Å². The Labute approximate surface area is 115 Å². The van der Waals surface area contributed by atoms with Gasteiger partial charge in [-0.2, -0.15) is 13.2 Å². The molecule has 0 aliphatic carbocycles. The first kappa shape index (κ1) is 16.3. The van der Waals surface area contributed by atoms with Gasteiger partial charge in [0.1, 0.15) is 0 Å². The second-order valence-corrected chi connectivity index (χ2v) is 4.34. The molecule has 0 bridgehead atoms. The number of halogens is 3. The Balaban J connectivity index is 2.74. The second-order valence-electron chi connectivity index (χ2n) is 4.34. The van der Waals surface area contributed by atoms with Crippen LogP contribution in [0, 0.1) is 0 Å². The number of urea groups is 1. The van der Waals surface area contributed by atoms with E-state index < -0.39 is 24.7 Å². The number of rotatable bonds is 5. The van der Waals surface area contributed by atoms with Gasteiger partial charge in [0.2, 0.25) is 0 Å². The summed E-state index contributed by atoms with van der Waals surface area (Å²) in [6, 6.07) is 4.67. The molecule has 1 atom stereocenters. The number of hydrogen-bond acceptors (Lipinski definition) is 2. The molecule has 1 aromatic carbocycles. The van der Waals surface area contributed by atoms with E-state index in [1.807, 2.05) is 0 Å². The lowest BCUT2D eigenvalue weighted by Gasteiger charge is -2.17. The van der Waals surface area contributed by atoms with Crippen LogP contribution in [0.1, 0.15) is 18.9 Å². The minimum absolute atomic E-state index is 0.00723. The Kier molecular flexibility index (Phi) is 5.82. The van der Waals surface area contributed by atoms with E-state index >= 15 is 0 Å². The van der Waals surface area contributed by atoms with Gasteiger partial charge in [0.25, 0.3) is 0 Å². The van der Waals surface area contributed by atoms with Crippen molar-refractivity contribution in [3.63, 3.8) is 0 Å². The van der Waals surface area contributed by atoms with E-state index in [9.17, 15) is 18.0 Å². The highest BCUT2D eigenvalue weighted by atomic mass is 19.4. The highest BCUT2D eigenvalue weighted by Gasteiger charge is 2.29. The third-order valence-electron chi connectivity index (χ3n) is 2.70. The summed E-state index contributed by atoms with van der Waals surface area (Å²) < 4.78 is 37.3. The smallest absolute Gasteiger partial charge is 0.393 e. The van der Waals surface area contributed by atoms with Crippen LogP contribution in [-0.2, 0) is 6.42 Å². The molecule has 0 radical (unpaired) electrons. The van der Waals surface area contributed by atoms with Crippen molar-refractivity contribution in [3.05, 3.63) is 29.8 Å². The van der Waals surface area contributed by atoms with Gasteiger partial charge in [-0.25, -0.2) is 4.79 Å². The summed E-state index contributed by atoms with van der Waals surface area (Å²) in [5.74, 6) is 0. The zero-order valence-corrected chi connectivity index (χ0v) is 11.0. The fourth-order valence-corrected chi connectivity index (χ4v) is 1.63. The normalized spacial score (nSPS) is 12.8. The lowest BCUT2D eigenvalue weighted by atomic mass is 10.1. The van der Waals surface area contributed by atoms with Gasteiger partial charge in [0.15, 0.2) is 0 Å². The molecule has 112 valence electrons. The van der Waals surface area contributed by atoms with Crippen molar-refractivity contribution in [1.29, 1.82) is 0 Å². The summed E-state index contributed by atoms with van der Waals surface area (Å²) in [4.78, 5) is 11.6. The second kappa shape index (κ2) is 7.14. The Bertz CT molecular complexity index is 445. The zero-order chi connectivity index (χ0) is 15.2. The van der Waals surface area contributed by atoms with Crippen LogP contribution in [0.2, 0.25) is 0 Å². The Morgan fingerprint density at radius 1 is 1.35 bits per heavy atom. The van der Waals surface area contributed by atoms with Gasteiger partial charge in [0, 0.05) is 5.69 Å². The van der Waals surface area contributed by atoms with Crippen LogP contribution in [0.3, 0.4) is 0 Å². The van der Waals surface area contributed by atoms with E-state index in [4.69, 9.17) is 5.11 Å². The van der Waals surface area contributed by atoms with E-state index in [0.29, 0.717) is 6.42 Å². The number of hydrogen-bond donors (Lipinski definition) is 3. The standard InChI is InChI=1S/C13H17F3N2O2/c1-2-10(8-19)17-12(20)18-11-6-4-3-5-9(11)7-13(14,15)16/h3-6,10,19H,2,7-8H2,1H3,(H2,17,18,20). The zero-order valence-electron chi connectivity index (χ0n) is 11.0. The molecular formula is C13H17F3N2O2. The van der Waals surface area contributed by atoms with Gasteiger partial charge in [-0.1, -0.05) is 25.1 Å². The van der Waals surface area contributed by atoms with Crippen LogP contribution in [-0.4, -0.2) is 30.0 Å². The first-order valence-electron chi connectivity index (χ1n) is 6.18. The van der Waals surface area contributed by atoms with E-state index in [2.05, 4.69) is 10.6 Å². The maximum atomic E-state index is 12.4. The van der Waals surface area contributed by atoms with E-state index in [1.165, 1.54) is 18.2 Å². The summed E-state index contributed by atoms with van der Waals surface area (Å²) in [6.07, 6.45) is -4.93. The monoisotopic (exact) mass is 290 g/mol. The molecule has 0 aliphatic heterocycles. The molecule has 0 saturated carbocycles. The first-order chi connectivity index (χ1) is 9.35. The van der Waals surface area contributed by atoms with Gasteiger partial charge >= 0.3 is 12.2 Å². The Morgan fingerprint density at radius 2 is 2.00 bits per heavy atom. The van der Waals surface area contributed by atoms with Gasteiger partial charge in [-0.3, -0.25) is 0 Å². The molecule has 7 heteroatoms. The minimum atomic E-state index is -4.34. The largest absolute Gasteiger partial charge is 0.394 e. The fourth-order valence-electron chi connectivity index (χ4n) is 1.63. The van der Waals surface area contributed by atoms with Crippen molar-refractivity contribution in [1.82, 2.24) is 5.32 Å². The van der Waals surface area contributed by atoms with Gasteiger partial charge in [-0.15, -0.1) is 0 Å². The average molecular weight is 290 g/mol.